The average Bonchev–Trinajstić information content (AvgIpc) is 2.53. The van der Waals surface area contributed by atoms with Gasteiger partial charge in [-0.1, -0.05) is 81.9 Å². The van der Waals surface area contributed by atoms with Gasteiger partial charge in [-0.05, 0) is 38.5 Å². The first-order valence-electron chi connectivity index (χ1n) is 9.44. The van der Waals surface area contributed by atoms with Crippen molar-refractivity contribution in [2.45, 2.75) is 90.4 Å². The Bertz CT molecular complexity index is 340. The summed E-state index contributed by atoms with van der Waals surface area (Å²) in [6.07, 6.45) is 27.8. The average molecular weight is 321 g/mol. The van der Waals surface area contributed by atoms with Crippen LogP contribution < -0.4 is 0 Å². The zero-order valence-electron chi connectivity index (χ0n) is 15.0. The molecule has 0 fully saturated rings. The third-order valence-corrected chi connectivity index (χ3v) is 3.79. The van der Waals surface area contributed by atoms with Crippen LogP contribution in [-0.2, 0) is 4.79 Å². The van der Waals surface area contributed by atoms with Gasteiger partial charge in [0.05, 0.1) is 0 Å². The molecule has 0 heterocycles. The van der Waals surface area contributed by atoms with Crippen LogP contribution in [0.5, 0.6) is 0 Å². The minimum Gasteiger partial charge on any atom is -0.481 e. The van der Waals surface area contributed by atoms with Crippen LogP contribution in [0, 0.1) is 0 Å². The van der Waals surface area contributed by atoms with Crippen LogP contribution in [-0.4, -0.2) is 11.1 Å². The smallest absolute Gasteiger partial charge is 0.303 e. The number of allylic oxidation sites excluding steroid dienone is 6. The summed E-state index contributed by atoms with van der Waals surface area (Å²) in [5, 5.41) is 8.54. The van der Waals surface area contributed by atoms with Gasteiger partial charge in [0.25, 0.3) is 0 Å². The molecule has 0 aliphatic carbocycles. The minimum atomic E-state index is -0.665. The van der Waals surface area contributed by atoms with E-state index < -0.39 is 5.97 Å². The molecule has 0 saturated carbocycles. The van der Waals surface area contributed by atoms with Crippen molar-refractivity contribution in [3.8, 4) is 0 Å². The molecule has 0 unspecified atom stereocenters. The summed E-state index contributed by atoms with van der Waals surface area (Å²) in [6.45, 7) is 2.16. The van der Waals surface area contributed by atoms with E-state index >= 15 is 0 Å². The van der Waals surface area contributed by atoms with E-state index in [0.717, 1.165) is 32.1 Å². The quantitative estimate of drug-likeness (QED) is 0.250. The van der Waals surface area contributed by atoms with Crippen molar-refractivity contribution in [1.29, 1.82) is 0 Å². The van der Waals surface area contributed by atoms with Gasteiger partial charge < -0.3 is 5.11 Å². The van der Waals surface area contributed by atoms with Crippen molar-refractivity contribution in [2.75, 3.05) is 0 Å². The number of carbonyl (C=O) groups is 1. The van der Waals surface area contributed by atoms with Gasteiger partial charge >= 0.3 is 5.97 Å². The number of unbranched alkanes of at least 4 members (excludes halogenated alkanes) is 8. The summed E-state index contributed by atoms with van der Waals surface area (Å²) >= 11 is 0. The minimum absolute atomic E-state index is 0.330. The SMILES string of the molecule is CC/C=C/C/C=C/C/C=C/CCCCCCCCCCC(=O)O. The predicted molar refractivity (Wildman–Crippen MR) is 101 cm³/mol. The lowest BCUT2D eigenvalue weighted by Crippen LogP contribution is -1.93. The first kappa shape index (κ1) is 21.7. The Balaban J connectivity index is 3.19. The highest BCUT2D eigenvalue weighted by atomic mass is 16.4. The highest BCUT2D eigenvalue weighted by Gasteiger charge is 1.96. The summed E-state index contributed by atoms with van der Waals surface area (Å²) < 4.78 is 0. The van der Waals surface area contributed by atoms with E-state index in [1.54, 1.807) is 0 Å². The van der Waals surface area contributed by atoms with Crippen molar-refractivity contribution in [3.05, 3.63) is 36.5 Å². The summed E-state index contributed by atoms with van der Waals surface area (Å²) in [4.78, 5) is 10.4. The van der Waals surface area contributed by atoms with Gasteiger partial charge in [-0.3, -0.25) is 4.79 Å². The van der Waals surface area contributed by atoms with Gasteiger partial charge in [-0.15, -0.1) is 0 Å². The Kier molecular flexibility index (Phi) is 17.7. The molecule has 0 amide bonds. The van der Waals surface area contributed by atoms with E-state index in [1.165, 1.54) is 44.9 Å². The molecular formula is C21H36O2. The summed E-state index contributed by atoms with van der Waals surface area (Å²) in [5.41, 5.74) is 0. The van der Waals surface area contributed by atoms with Crippen LogP contribution in [0.4, 0.5) is 0 Å². The Morgan fingerprint density at radius 3 is 1.74 bits per heavy atom. The number of aliphatic carboxylic acids is 1. The first-order chi connectivity index (χ1) is 11.3. The molecule has 0 aromatic carbocycles. The second-order valence-corrected chi connectivity index (χ2v) is 6.05. The normalized spacial score (nSPS) is 12.0. The lowest BCUT2D eigenvalue weighted by atomic mass is 10.1. The third-order valence-electron chi connectivity index (χ3n) is 3.79. The molecule has 0 saturated heterocycles. The molecule has 0 aliphatic heterocycles. The lowest BCUT2D eigenvalue weighted by Gasteiger charge is -2.00. The first-order valence-corrected chi connectivity index (χ1v) is 9.44. The maximum atomic E-state index is 10.4. The molecule has 0 radical (unpaired) electrons. The Hall–Kier alpha value is -1.31. The second kappa shape index (κ2) is 18.7. The molecule has 132 valence electrons. The topological polar surface area (TPSA) is 37.3 Å². The molecule has 23 heavy (non-hydrogen) atoms. The Morgan fingerprint density at radius 2 is 1.17 bits per heavy atom. The number of carboxylic acids is 1. The van der Waals surface area contributed by atoms with Gasteiger partial charge in [0.15, 0.2) is 0 Å². The van der Waals surface area contributed by atoms with Crippen LogP contribution in [0.25, 0.3) is 0 Å². The van der Waals surface area contributed by atoms with Crippen LogP contribution in [0.1, 0.15) is 90.4 Å². The molecule has 0 aromatic rings. The fourth-order valence-corrected chi connectivity index (χ4v) is 2.43. The fourth-order valence-electron chi connectivity index (χ4n) is 2.43. The zero-order chi connectivity index (χ0) is 17.0. The number of hydrogen-bond acceptors (Lipinski definition) is 1. The lowest BCUT2D eigenvalue weighted by molar-refractivity contribution is -0.137. The van der Waals surface area contributed by atoms with E-state index in [0.29, 0.717) is 6.42 Å². The molecule has 0 rings (SSSR count). The summed E-state index contributed by atoms with van der Waals surface area (Å²) in [5.74, 6) is -0.665. The van der Waals surface area contributed by atoms with Crippen molar-refractivity contribution >= 4 is 5.97 Å². The van der Waals surface area contributed by atoms with Crippen molar-refractivity contribution in [2.24, 2.45) is 0 Å². The maximum absolute atomic E-state index is 10.4. The molecule has 0 aliphatic rings. The number of carboxylic acid groups (broad SMARTS) is 1. The van der Waals surface area contributed by atoms with E-state index in [4.69, 9.17) is 5.11 Å². The summed E-state index contributed by atoms with van der Waals surface area (Å²) in [6, 6.07) is 0. The van der Waals surface area contributed by atoms with Gasteiger partial charge in [0.2, 0.25) is 0 Å². The van der Waals surface area contributed by atoms with Gasteiger partial charge in [-0.25, -0.2) is 0 Å². The second-order valence-electron chi connectivity index (χ2n) is 6.05. The van der Waals surface area contributed by atoms with Crippen LogP contribution in [0.2, 0.25) is 0 Å². The van der Waals surface area contributed by atoms with Crippen LogP contribution in [0.3, 0.4) is 0 Å². The van der Waals surface area contributed by atoms with Crippen LogP contribution >= 0.6 is 0 Å². The third kappa shape index (κ3) is 20.7. The van der Waals surface area contributed by atoms with E-state index in [2.05, 4.69) is 43.4 Å². The molecule has 0 spiro atoms. The van der Waals surface area contributed by atoms with Crippen molar-refractivity contribution < 1.29 is 9.90 Å². The van der Waals surface area contributed by atoms with E-state index in [1.807, 2.05) is 0 Å². The summed E-state index contributed by atoms with van der Waals surface area (Å²) in [7, 11) is 0. The largest absolute Gasteiger partial charge is 0.481 e. The standard InChI is InChI=1S/C21H36O2/c1-2-3-4-5-6-7-8-9-10-11-12-13-14-15-16-17-18-19-20-21(22)23/h3-4,6-7,9-10H,2,5,8,11-20H2,1H3,(H,22,23)/b4-3+,7-6+,10-9+. The van der Waals surface area contributed by atoms with Crippen molar-refractivity contribution in [3.63, 3.8) is 0 Å². The molecule has 0 atom stereocenters. The van der Waals surface area contributed by atoms with E-state index in [9.17, 15) is 4.79 Å². The highest BCUT2D eigenvalue weighted by Crippen LogP contribution is 2.10. The molecule has 1 N–H and O–H groups in total. The predicted octanol–water partition coefficient (Wildman–Crippen LogP) is 6.83. The van der Waals surface area contributed by atoms with E-state index in [-0.39, 0.29) is 0 Å². The van der Waals surface area contributed by atoms with Gasteiger partial charge in [0.1, 0.15) is 0 Å². The van der Waals surface area contributed by atoms with Gasteiger partial charge in [-0.2, -0.15) is 0 Å². The maximum Gasteiger partial charge on any atom is 0.303 e. The number of hydrogen-bond donors (Lipinski definition) is 1. The Morgan fingerprint density at radius 1 is 0.696 bits per heavy atom. The molecule has 0 bridgehead atoms. The van der Waals surface area contributed by atoms with Gasteiger partial charge in [0, 0.05) is 6.42 Å². The molecule has 2 heteroatoms. The molecule has 2 nitrogen and oxygen atoms in total. The van der Waals surface area contributed by atoms with Crippen molar-refractivity contribution in [1.82, 2.24) is 0 Å². The fraction of sp³-hybridized carbons (Fsp3) is 0.667. The molecular weight excluding hydrogens is 284 g/mol. The number of rotatable bonds is 16. The monoisotopic (exact) mass is 320 g/mol. The zero-order valence-corrected chi connectivity index (χ0v) is 15.0. The molecule has 0 aromatic heterocycles. The highest BCUT2D eigenvalue weighted by molar-refractivity contribution is 5.66. The van der Waals surface area contributed by atoms with Crippen LogP contribution in [0.15, 0.2) is 36.5 Å². The Labute approximate surface area is 143 Å².